The van der Waals surface area contributed by atoms with Gasteiger partial charge in [-0.15, -0.1) is 12.6 Å². The van der Waals surface area contributed by atoms with Crippen molar-refractivity contribution >= 4 is 17.7 Å². The summed E-state index contributed by atoms with van der Waals surface area (Å²) >= 11 is 3.44. The largest absolute Gasteiger partial charge is 0.384 e. The standard InChI is InChI=1S/C5H10O2S.C4H7N/c1-2-3-4(6)5(7)8;1-2-3-4-5/h4,6H,2-3H2,1H3,(H,7,8);2-3H2,1H3. The first kappa shape index (κ1) is 15.0. The summed E-state index contributed by atoms with van der Waals surface area (Å²) < 4.78 is 0. The van der Waals surface area contributed by atoms with Crippen molar-refractivity contribution in [2.24, 2.45) is 0 Å². The fourth-order valence-electron chi connectivity index (χ4n) is 0.509. The number of hydrogen-bond acceptors (Lipinski definition) is 3. The molecule has 1 atom stereocenters. The molecule has 0 radical (unpaired) electrons. The van der Waals surface area contributed by atoms with Gasteiger partial charge in [0.25, 0.3) is 0 Å². The molecule has 0 aromatic heterocycles. The van der Waals surface area contributed by atoms with E-state index in [1.165, 1.54) is 0 Å². The number of carbonyl (C=O) groups excluding carboxylic acids is 1. The van der Waals surface area contributed by atoms with Gasteiger partial charge in [-0.2, -0.15) is 5.26 Å². The Hall–Kier alpha value is -0.530. The third-order valence-corrected chi connectivity index (χ3v) is 1.51. The van der Waals surface area contributed by atoms with Crippen molar-refractivity contribution < 1.29 is 9.90 Å². The van der Waals surface area contributed by atoms with E-state index in [-0.39, 0.29) is 0 Å². The number of thiol groups is 1. The number of unbranched alkanes of at least 4 members (excludes halogenated alkanes) is 1. The van der Waals surface area contributed by atoms with Gasteiger partial charge in [0.05, 0.1) is 6.07 Å². The summed E-state index contributed by atoms with van der Waals surface area (Å²) in [4.78, 5) is 10.1. The molecule has 3 nitrogen and oxygen atoms in total. The molecule has 1 N–H and O–H groups in total. The molecule has 0 aromatic carbocycles. The Labute approximate surface area is 85.2 Å². The zero-order valence-electron chi connectivity index (χ0n) is 8.16. The van der Waals surface area contributed by atoms with Crippen LogP contribution in [-0.4, -0.2) is 16.3 Å². The van der Waals surface area contributed by atoms with Crippen LogP contribution in [0.25, 0.3) is 0 Å². The third kappa shape index (κ3) is 14.3. The van der Waals surface area contributed by atoms with Crippen LogP contribution >= 0.6 is 12.6 Å². The molecule has 76 valence electrons. The van der Waals surface area contributed by atoms with Gasteiger partial charge in [0.2, 0.25) is 5.12 Å². The van der Waals surface area contributed by atoms with Crippen molar-refractivity contribution in [1.82, 2.24) is 0 Å². The fourth-order valence-corrected chi connectivity index (χ4v) is 0.638. The third-order valence-electron chi connectivity index (χ3n) is 1.21. The minimum Gasteiger partial charge on any atom is -0.384 e. The molecule has 0 amide bonds. The molecule has 0 fully saturated rings. The highest BCUT2D eigenvalue weighted by Gasteiger charge is 2.07. The normalized spacial score (nSPS) is 10.7. The van der Waals surface area contributed by atoms with Crippen LogP contribution in [0.4, 0.5) is 0 Å². The fraction of sp³-hybridized carbons (Fsp3) is 0.778. The quantitative estimate of drug-likeness (QED) is 0.686. The maximum atomic E-state index is 10.1. The topological polar surface area (TPSA) is 61.1 Å². The molecule has 4 heteroatoms. The average molecular weight is 203 g/mol. The molecular weight excluding hydrogens is 186 g/mol. The molecule has 0 spiro atoms. The second kappa shape index (κ2) is 11.5. The Morgan fingerprint density at radius 3 is 2.15 bits per heavy atom. The highest BCUT2D eigenvalue weighted by molar-refractivity contribution is 7.96. The van der Waals surface area contributed by atoms with Crippen molar-refractivity contribution in [3.05, 3.63) is 0 Å². The van der Waals surface area contributed by atoms with Gasteiger partial charge in [-0.05, 0) is 12.8 Å². The van der Waals surface area contributed by atoms with Gasteiger partial charge in [-0.3, -0.25) is 4.79 Å². The van der Waals surface area contributed by atoms with E-state index in [0.29, 0.717) is 12.8 Å². The van der Waals surface area contributed by atoms with Gasteiger partial charge >= 0.3 is 0 Å². The van der Waals surface area contributed by atoms with E-state index in [1.54, 1.807) is 0 Å². The van der Waals surface area contributed by atoms with Gasteiger partial charge in [-0.25, -0.2) is 0 Å². The van der Waals surface area contributed by atoms with Crippen molar-refractivity contribution in [1.29, 1.82) is 5.26 Å². The Bertz CT molecular complexity index is 165. The molecule has 1 unspecified atom stereocenters. The van der Waals surface area contributed by atoms with Gasteiger partial charge in [-0.1, -0.05) is 20.3 Å². The molecule has 0 rings (SSSR count). The van der Waals surface area contributed by atoms with Crippen molar-refractivity contribution in [3.63, 3.8) is 0 Å². The lowest BCUT2D eigenvalue weighted by atomic mass is 10.2. The number of carbonyl (C=O) groups is 1. The number of hydrogen-bond donors (Lipinski definition) is 2. The Morgan fingerprint density at radius 2 is 2.08 bits per heavy atom. The van der Waals surface area contributed by atoms with Crippen LogP contribution in [0.15, 0.2) is 0 Å². The minimum absolute atomic E-state index is 0.438. The van der Waals surface area contributed by atoms with Crippen LogP contribution in [0.1, 0.15) is 39.5 Å². The highest BCUT2D eigenvalue weighted by atomic mass is 32.1. The summed E-state index contributed by atoms with van der Waals surface area (Å²) in [6, 6.07) is 2.02. The molecule has 0 aliphatic heterocycles. The molecule has 0 aromatic rings. The maximum absolute atomic E-state index is 10.1. The Kier molecular flexibility index (Phi) is 13.2. The van der Waals surface area contributed by atoms with E-state index >= 15 is 0 Å². The lowest BCUT2D eigenvalue weighted by molar-refractivity contribution is -0.118. The summed E-state index contributed by atoms with van der Waals surface area (Å²) in [5, 5.41) is 16.1. The van der Waals surface area contributed by atoms with Crippen LogP contribution in [-0.2, 0) is 4.79 Å². The van der Waals surface area contributed by atoms with Crippen molar-refractivity contribution in [2.45, 2.75) is 45.6 Å². The van der Waals surface area contributed by atoms with Gasteiger partial charge in [0.1, 0.15) is 6.10 Å². The first-order chi connectivity index (χ1) is 6.09. The average Bonchev–Trinajstić information content (AvgIpc) is 2.07. The second-order valence-corrected chi connectivity index (χ2v) is 2.99. The van der Waals surface area contributed by atoms with E-state index in [1.807, 2.05) is 19.9 Å². The molecule has 0 bridgehead atoms. The number of aliphatic hydroxyl groups excluding tert-OH is 1. The summed E-state index contributed by atoms with van der Waals surface area (Å²) in [6.07, 6.45) is 2.15. The predicted octanol–water partition coefficient (Wildman–Crippen LogP) is 1.91. The molecule has 0 aliphatic carbocycles. The van der Waals surface area contributed by atoms with Crippen molar-refractivity contribution in [2.75, 3.05) is 0 Å². The van der Waals surface area contributed by atoms with Crippen molar-refractivity contribution in [3.8, 4) is 6.07 Å². The summed E-state index contributed by atoms with van der Waals surface area (Å²) in [5.74, 6) is 0. The van der Waals surface area contributed by atoms with E-state index < -0.39 is 11.2 Å². The lowest BCUT2D eigenvalue weighted by Gasteiger charge is -2.00. The number of aliphatic hydroxyl groups is 1. The van der Waals surface area contributed by atoms with Gasteiger partial charge in [0, 0.05) is 6.42 Å². The maximum Gasteiger partial charge on any atom is 0.214 e. The highest BCUT2D eigenvalue weighted by Crippen LogP contribution is 1.98. The molecule has 0 aliphatic rings. The lowest BCUT2D eigenvalue weighted by Crippen LogP contribution is -2.13. The second-order valence-electron chi connectivity index (χ2n) is 2.55. The van der Waals surface area contributed by atoms with E-state index in [9.17, 15) is 4.79 Å². The number of nitriles is 1. The van der Waals surface area contributed by atoms with Crippen LogP contribution in [0.3, 0.4) is 0 Å². The zero-order valence-corrected chi connectivity index (χ0v) is 9.05. The molecule has 0 saturated carbocycles. The monoisotopic (exact) mass is 203 g/mol. The number of nitrogens with zero attached hydrogens (tertiary/aromatic N) is 1. The Morgan fingerprint density at radius 1 is 1.54 bits per heavy atom. The molecule has 13 heavy (non-hydrogen) atoms. The van der Waals surface area contributed by atoms with Crippen LogP contribution in [0.2, 0.25) is 0 Å². The van der Waals surface area contributed by atoms with Gasteiger partial charge < -0.3 is 5.11 Å². The molecule has 0 heterocycles. The van der Waals surface area contributed by atoms with Gasteiger partial charge in [0.15, 0.2) is 0 Å². The first-order valence-corrected chi connectivity index (χ1v) is 4.82. The Balaban J connectivity index is 0. The van der Waals surface area contributed by atoms with E-state index in [2.05, 4.69) is 12.6 Å². The van der Waals surface area contributed by atoms with E-state index in [4.69, 9.17) is 10.4 Å². The zero-order chi connectivity index (χ0) is 10.7. The van der Waals surface area contributed by atoms with Crippen LogP contribution < -0.4 is 0 Å². The molecular formula is C9H17NO2S. The minimum atomic E-state index is -0.858. The first-order valence-electron chi connectivity index (χ1n) is 4.37. The van der Waals surface area contributed by atoms with Crippen LogP contribution in [0, 0.1) is 11.3 Å². The number of rotatable bonds is 4. The summed E-state index contributed by atoms with van der Waals surface area (Å²) in [6.45, 7) is 3.89. The summed E-state index contributed by atoms with van der Waals surface area (Å²) in [5.41, 5.74) is 0. The van der Waals surface area contributed by atoms with Crippen LogP contribution in [0.5, 0.6) is 0 Å². The van der Waals surface area contributed by atoms with E-state index in [0.717, 1.165) is 12.8 Å². The molecule has 0 saturated heterocycles. The summed E-state index contributed by atoms with van der Waals surface area (Å²) in [7, 11) is 0. The SMILES string of the molecule is CCCC#N.CCCC(O)C(=O)S. The smallest absolute Gasteiger partial charge is 0.214 e. The predicted molar refractivity (Wildman–Crippen MR) is 55.4 cm³/mol.